The summed E-state index contributed by atoms with van der Waals surface area (Å²) in [5, 5.41) is 9.53. The zero-order chi connectivity index (χ0) is 22.3. The highest BCUT2D eigenvalue weighted by molar-refractivity contribution is 14.0. The molecule has 0 saturated carbocycles. The van der Waals surface area contributed by atoms with Crippen LogP contribution in [0.4, 0.5) is 11.4 Å². The van der Waals surface area contributed by atoms with Crippen LogP contribution in [0.2, 0.25) is 0 Å². The molecule has 0 spiro atoms. The Morgan fingerprint density at radius 3 is 2.79 bits per heavy atom. The third-order valence-corrected chi connectivity index (χ3v) is 5.58. The monoisotopic (exact) mass is 563 g/mol. The van der Waals surface area contributed by atoms with E-state index < -0.39 is 0 Å². The van der Waals surface area contributed by atoms with Crippen molar-refractivity contribution in [3.05, 3.63) is 54.1 Å². The highest BCUT2D eigenvalue weighted by atomic mass is 127. The van der Waals surface area contributed by atoms with Crippen LogP contribution in [0.1, 0.15) is 31.2 Å². The number of halogens is 1. The Hall–Kier alpha value is -2.82. The van der Waals surface area contributed by atoms with E-state index in [1.807, 2.05) is 55.5 Å². The van der Waals surface area contributed by atoms with Gasteiger partial charge in [0.05, 0.1) is 12.2 Å². The molecule has 2 aromatic carbocycles. The summed E-state index contributed by atoms with van der Waals surface area (Å²) in [5.74, 6) is 1.50. The summed E-state index contributed by atoms with van der Waals surface area (Å²) >= 11 is 0. The van der Waals surface area contributed by atoms with Crippen LogP contribution in [0.5, 0.6) is 5.75 Å². The summed E-state index contributed by atoms with van der Waals surface area (Å²) in [7, 11) is 0. The van der Waals surface area contributed by atoms with Crippen LogP contribution in [0, 0.1) is 0 Å². The van der Waals surface area contributed by atoms with Crippen molar-refractivity contribution in [2.75, 3.05) is 43.0 Å². The van der Waals surface area contributed by atoms with E-state index >= 15 is 0 Å². The minimum Gasteiger partial charge on any atom is -0.482 e. The normalized spacial score (nSPS) is 17.2. The van der Waals surface area contributed by atoms with Gasteiger partial charge in [-0.3, -0.25) is 14.6 Å². The van der Waals surface area contributed by atoms with E-state index in [4.69, 9.17) is 9.73 Å². The van der Waals surface area contributed by atoms with E-state index in [1.165, 1.54) is 0 Å². The van der Waals surface area contributed by atoms with Crippen LogP contribution in [-0.4, -0.2) is 50.6 Å². The average molecular weight is 563 g/mol. The molecule has 4 rings (SSSR count). The van der Waals surface area contributed by atoms with E-state index in [-0.39, 0.29) is 48.3 Å². The van der Waals surface area contributed by atoms with Crippen molar-refractivity contribution in [3.63, 3.8) is 0 Å². The summed E-state index contributed by atoms with van der Waals surface area (Å²) in [6.45, 7) is 4.62. The van der Waals surface area contributed by atoms with Gasteiger partial charge in [0.15, 0.2) is 12.6 Å². The van der Waals surface area contributed by atoms with Crippen LogP contribution in [0.3, 0.4) is 0 Å². The quantitative estimate of drug-likeness (QED) is 0.208. The summed E-state index contributed by atoms with van der Waals surface area (Å²) < 4.78 is 5.50. The van der Waals surface area contributed by atoms with E-state index in [0.717, 1.165) is 35.7 Å². The minimum absolute atomic E-state index is 0. The smallest absolute Gasteiger partial charge is 0.265 e. The fourth-order valence-electron chi connectivity index (χ4n) is 4.05. The Morgan fingerprint density at radius 2 is 1.94 bits per heavy atom. The fourth-order valence-corrected chi connectivity index (χ4v) is 4.05. The molecule has 2 aliphatic heterocycles. The zero-order valence-electron chi connectivity index (χ0n) is 18.7. The Labute approximate surface area is 211 Å². The van der Waals surface area contributed by atoms with Crippen LogP contribution in [-0.2, 0) is 9.59 Å². The molecular weight excluding hydrogens is 533 g/mol. The molecule has 0 aromatic heterocycles. The van der Waals surface area contributed by atoms with Crippen LogP contribution in [0.15, 0.2) is 53.5 Å². The number of nitrogens with one attached hydrogen (secondary N) is 3. The Morgan fingerprint density at radius 1 is 1.15 bits per heavy atom. The standard InChI is InChI=1S/C24H29N5O3.HI/c1-2-25-24(27-15-17-14-22(30)28-19-9-4-3-8-18(17)19)26-12-7-13-29-20-10-5-6-11-21(20)32-16-23(29)31;/h3-6,8-11,17H,2,7,12-16H2,1H3,(H,28,30)(H2,25,26,27);1H. The number of aliphatic imine (C=N–C) groups is 1. The first kappa shape index (κ1) is 24.8. The number of ether oxygens (including phenoxy) is 1. The SMILES string of the molecule is CCNC(=NCC1CC(=O)Nc2ccccc21)NCCCN1C(=O)COc2ccccc21.I. The molecular formula is C24H30IN5O3. The van der Waals surface area contributed by atoms with E-state index in [0.29, 0.717) is 32.0 Å². The largest absolute Gasteiger partial charge is 0.482 e. The second kappa shape index (κ2) is 11.9. The van der Waals surface area contributed by atoms with E-state index in [9.17, 15) is 9.59 Å². The number of hydrogen-bond donors (Lipinski definition) is 3. The van der Waals surface area contributed by atoms with Crippen molar-refractivity contribution in [1.82, 2.24) is 10.6 Å². The number of anilines is 2. The van der Waals surface area contributed by atoms with Gasteiger partial charge in [-0.15, -0.1) is 24.0 Å². The number of para-hydroxylation sites is 3. The van der Waals surface area contributed by atoms with Crippen LogP contribution >= 0.6 is 24.0 Å². The van der Waals surface area contributed by atoms with Crippen molar-refractivity contribution >= 4 is 53.1 Å². The van der Waals surface area contributed by atoms with Gasteiger partial charge in [0, 0.05) is 37.7 Å². The Balaban J connectivity index is 0.00000306. The topological polar surface area (TPSA) is 95.1 Å². The molecule has 0 aliphatic carbocycles. The van der Waals surface area contributed by atoms with E-state index in [2.05, 4.69) is 16.0 Å². The van der Waals surface area contributed by atoms with Crippen molar-refractivity contribution in [2.45, 2.75) is 25.7 Å². The predicted octanol–water partition coefficient (Wildman–Crippen LogP) is 3.10. The van der Waals surface area contributed by atoms with Gasteiger partial charge < -0.3 is 25.6 Å². The minimum atomic E-state index is -0.0292. The maximum Gasteiger partial charge on any atom is 0.265 e. The lowest BCUT2D eigenvalue weighted by atomic mass is 9.91. The van der Waals surface area contributed by atoms with Gasteiger partial charge in [-0.1, -0.05) is 30.3 Å². The molecule has 176 valence electrons. The molecule has 3 N–H and O–H groups in total. The maximum absolute atomic E-state index is 12.3. The molecule has 0 bridgehead atoms. The Kier molecular flexibility index (Phi) is 8.93. The summed E-state index contributed by atoms with van der Waals surface area (Å²) in [6.07, 6.45) is 1.19. The lowest BCUT2D eigenvalue weighted by molar-refractivity contribution is -0.121. The molecule has 9 heteroatoms. The second-order valence-electron chi connectivity index (χ2n) is 7.84. The van der Waals surface area contributed by atoms with Crippen molar-refractivity contribution in [3.8, 4) is 5.75 Å². The zero-order valence-corrected chi connectivity index (χ0v) is 21.0. The van der Waals surface area contributed by atoms with Gasteiger partial charge in [0.2, 0.25) is 5.91 Å². The molecule has 0 fully saturated rings. The number of nitrogens with zero attached hydrogens (tertiary/aromatic N) is 2. The average Bonchev–Trinajstić information content (AvgIpc) is 2.81. The molecule has 1 unspecified atom stereocenters. The van der Waals surface area contributed by atoms with Gasteiger partial charge in [0.1, 0.15) is 5.75 Å². The molecule has 0 saturated heterocycles. The lowest BCUT2D eigenvalue weighted by Gasteiger charge is -2.29. The number of fused-ring (bicyclic) bond motifs is 2. The molecule has 1 atom stereocenters. The summed E-state index contributed by atoms with van der Waals surface area (Å²) in [4.78, 5) is 30.9. The summed E-state index contributed by atoms with van der Waals surface area (Å²) in [6, 6.07) is 15.5. The first-order chi connectivity index (χ1) is 15.7. The fraction of sp³-hybridized carbons (Fsp3) is 0.375. The van der Waals surface area contributed by atoms with Crippen LogP contribution in [0.25, 0.3) is 0 Å². The Bertz CT molecular complexity index is 1010. The number of carbonyl (C=O) groups is 2. The maximum atomic E-state index is 12.3. The molecule has 33 heavy (non-hydrogen) atoms. The molecule has 2 amide bonds. The number of rotatable bonds is 7. The van der Waals surface area contributed by atoms with Crippen molar-refractivity contribution in [2.24, 2.45) is 4.99 Å². The number of benzene rings is 2. The first-order valence-corrected chi connectivity index (χ1v) is 11.1. The predicted molar refractivity (Wildman–Crippen MR) is 141 cm³/mol. The number of guanidine groups is 1. The van der Waals surface area contributed by atoms with Gasteiger partial charge in [-0.2, -0.15) is 0 Å². The van der Waals surface area contributed by atoms with Gasteiger partial charge in [-0.05, 0) is 37.1 Å². The van der Waals surface area contributed by atoms with Gasteiger partial charge in [0.25, 0.3) is 5.91 Å². The van der Waals surface area contributed by atoms with Crippen molar-refractivity contribution in [1.29, 1.82) is 0 Å². The number of hydrogen-bond acceptors (Lipinski definition) is 4. The van der Waals surface area contributed by atoms with Gasteiger partial charge >= 0.3 is 0 Å². The van der Waals surface area contributed by atoms with Crippen molar-refractivity contribution < 1.29 is 14.3 Å². The summed E-state index contributed by atoms with van der Waals surface area (Å²) in [5.41, 5.74) is 2.81. The van der Waals surface area contributed by atoms with Gasteiger partial charge in [-0.25, -0.2) is 0 Å². The lowest BCUT2D eigenvalue weighted by Crippen LogP contribution is -2.42. The molecule has 8 nitrogen and oxygen atoms in total. The molecule has 2 heterocycles. The number of carbonyl (C=O) groups excluding carboxylic acids is 2. The highest BCUT2D eigenvalue weighted by Gasteiger charge is 2.25. The molecule has 2 aromatic rings. The van der Waals surface area contributed by atoms with Crippen LogP contribution < -0.4 is 25.6 Å². The number of amides is 2. The molecule has 0 radical (unpaired) electrons. The second-order valence-corrected chi connectivity index (χ2v) is 7.84. The molecule has 2 aliphatic rings. The third kappa shape index (κ3) is 6.16. The third-order valence-electron chi connectivity index (χ3n) is 5.58. The highest BCUT2D eigenvalue weighted by Crippen LogP contribution is 2.32. The van der Waals surface area contributed by atoms with E-state index in [1.54, 1.807) is 4.90 Å². The first-order valence-electron chi connectivity index (χ1n) is 11.1.